The Morgan fingerprint density at radius 3 is 2.48 bits per heavy atom. The molecule has 0 aliphatic carbocycles. The number of esters is 1. The number of hydrogen-bond donors (Lipinski definition) is 0. The lowest BCUT2D eigenvalue weighted by atomic mass is 9.99. The Morgan fingerprint density at radius 1 is 1.16 bits per heavy atom. The Bertz CT molecular complexity index is 874. The number of piperidine rings is 1. The zero-order chi connectivity index (χ0) is 22.4. The molecule has 9 heteroatoms. The molecule has 0 aromatic heterocycles. The molecular formula is C22H26N2O6S. The van der Waals surface area contributed by atoms with Crippen LogP contribution in [0.2, 0.25) is 0 Å². The maximum Gasteiger partial charge on any atom is 0.344 e. The van der Waals surface area contributed by atoms with Crippen molar-refractivity contribution in [2.75, 3.05) is 32.8 Å². The second-order valence-corrected chi connectivity index (χ2v) is 8.49. The largest absolute Gasteiger partial charge is 0.482 e. The molecule has 2 aliphatic heterocycles. The van der Waals surface area contributed by atoms with Crippen LogP contribution in [0.3, 0.4) is 0 Å². The minimum Gasteiger partial charge on any atom is -0.482 e. The van der Waals surface area contributed by atoms with Gasteiger partial charge in [-0.2, -0.15) is 0 Å². The van der Waals surface area contributed by atoms with Crippen LogP contribution in [0.4, 0.5) is 4.79 Å². The Morgan fingerprint density at radius 2 is 1.84 bits per heavy atom. The number of imide groups is 1. The summed E-state index contributed by atoms with van der Waals surface area (Å²) in [6.07, 6.45) is 3.48. The molecule has 2 fully saturated rings. The summed E-state index contributed by atoms with van der Waals surface area (Å²) in [5.74, 6) is -0.0327. The quantitative estimate of drug-likeness (QED) is 0.470. The lowest BCUT2D eigenvalue weighted by molar-refractivity contribution is -0.145. The molecule has 2 aliphatic rings. The Labute approximate surface area is 185 Å². The molecule has 3 rings (SSSR count). The third-order valence-corrected chi connectivity index (χ3v) is 6.05. The summed E-state index contributed by atoms with van der Waals surface area (Å²) in [6, 6.07) is 6.76. The molecule has 0 bridgehead atoms. The number of thioether (sulfide) groups is 1. The summed E-state index contributed by atoms with van der Waals surface area (Å²) in [5.41, 5.74) is 0.699. The first-order valence-electron chi connectivity index (χ1n) is 10.3. The molecule has 0 atom stereocenters. The number of rotatable bonds is 7. The zero-order valence-electron chi connectivity index (χ0n) is 17.7. The van der Waals surface area contributed by atoms with Crippen molar-refractivity contribution in [1.29, 1.82) is 0 Å². The van der Waals surface area contributed by atoms with Gasteiger partial charge in [-0.25, -0.2) is 4.79 Å². The average Bonchev–Trinajstić information content (AvgIpc) is 3.01. The minimum absolute atomic E-state index is 0.184. The highest BCUT2D eigenvalue weighted by Gasteiger charge is 2.37. The van der Waals surface area contributed by atoms with Gasteiger partial charge in [0.1, 0.15) is 12.3 Å². The molecule has 0 saturated carbocycles. The van der Waals surface area contributed by atoms with E-state index in [1.807, 2.05) is 0 Å². The maximum absolute atomic E-state index is 12.7. The van der Waals surface area contributed by atoms with Crippen LogP contribution in [0.25, 0.3) is 6.08 Å². The number of likely N-dealkylation sites (tertiary alicyclic amines) is 1. The van der Waals surface area contributed by atoms with E-state index in [0.717, 1.165) is 29.5 Å². The average molecular weight is 447 g/mol. The second-order valence-electron chi connectivity index (χ2n) is 7.49. The molecule has 0 radical (unpaired) electrons. The summed E-state index contributed by atoms with van der Waals surface area (Å²) >= 11 is 0.825. The molecular weight excluding hydrogens is 420 g/mol. The zero-order valence-corrected chi connectivity index (χ0v) is 18.5. The molecule has 0 N–H and O–H groups in total. The number of nitrogens with zero attached hydrogens (tertiary/aromatic N) is 2. The second kappa shape index (κ2) is 10.5. The summed E-state index contributed by atoms with van der Waals surface area (Å²) < 4.78 is 10.1. The molecule has 8 nitrogen and oxygen atoms in total. The van der Waals surface area contributed by atoms with Gasteiger partial charge in [-0.3, -0.25) is 19.3 Å². The summed E-state index contributed by atoms with van der Waals surface area (Å²) in [5, 5.41) is -0.440. The van der Waals surface area contributed by atoms with Crippen LogP contribution in [-0.4, -0.2) is 65.7 Å². The van der Waals surface area contributed by atoms with Gasteiger partial charge in [0.25, 0.3) is 11.1 Å². The van der Waals surface area contributed by atoms with Crippen molar-refractivity contribution in [3.05, 3.63) is 34.7 Å². The van der Waals surface area contributed by atoms with E-state index in [9.17, 15) is 19.2 Å². The Balaban J connectivity index is 1.58. The van der Waals surface area contributed by atoms with Gasteiger partial charge in [-0.15, -0.1) is 0 Å². The van der Waals surface area contributed by atoms with Gasteiger partial charge in [0.2, 0.25) is 5.91 Å². The smallest absolute Gasteiger partial charge is 0.344 e. The van der Waals surface area contributed by atoms with Gasteiger partial charge in [-0.05, 0) is 61.2 Å². The molecule has 2 saturated heterocycles. The van der Waals surface area contributed by atoms with E-state index in [2.05, 4.69) is 6.92 Å². The predicted molar refractivity (Wildman–Crippen MR) is 116 cm³/mol. The highest BCUT2D eigenvalue weighted by Crippen LogP contribution is 2.32. The van der Waals surface area contributed by atoms with Gasteiger partial charge in [0, 0.05) is 13.1 Å². The van der Waals surface area contributed by atoms with Crippen LogP contribution in [0, 0.1) is 5.92 Å². The van der Waals surface area contributed by atoms with Crippen molar-refractivity contribution in [2.24, 2.45) is 5.92 Å². The fourth-order valence-electron chi connectivity index (χ4n) is 3.29. The minimum atomic E-state index is -0.462. The van der Waals surface area contributed by atoms with Crippen LogP contribution in [0.15, 0.2) is 29.2 Å². The van der Waals surface area contributed by atoms with Crippen LogP contribution in [0.5, 0.6) is 5.75 Å². The number of ether oxygens (including phenoxy) is 2. The van der Waals surface area contributed by atoms with E-state index in [1.54, 1.807) is 42.2 Å². The predicted octanol–water partition coefficient (Wildman–Crippen LogP) is 2.92. The van der Waals surface area contributed by atoms with Gasteiger partial charge >= 0.3 is 5.97 Å². The van der Waals surface area contributed by atoms with Gasteiger partial charge < -0.3 is 14.4 Å². The van der Waals surface area contributed by atoms with Crippen LogP contribution in [-0.2, 0) is 19.1 Å². The topological polar surface area (TPSA) is 93.2 Å². The van der Waals surface area contributed by atoms with Crippen molar-refractivity contribution < 1.29 is 28.7 Å². The van der Waals surface area contributed by atoms with Crippen LogP contribution >= 0.6 is 11.8 Å². The number of carbonyl (C=O) groups is 4. The summed E-state index contributed by atoms with van der Waals surface area (Å²) in [7, 11) is 0. The van der Waals surface area contributed by atoms with Crippen LogP contribution in [0.1, 0.15) is 32.3 Å². The normalized spacial score (nSPS) is 18.6. The monoisotopic (exact) mass is 446 g/mol. The Hall–Kier alpha value is -2.81. The van der Waals surface area contributed by atoms with Crippen molar-refractivity contribution >= 4 is 40.9 Å². The van der Waals surface area contributed by atoms with Crippen molar-refractivity contribution in [3.63, 3.8) is 0 Å². The van der Waals surface area contributed by atoms with Gasteiger partial charge in [0.15, 0.2) is 6.61 Å². The van der Waals surface area contributed by atoms with E-state index in [4.69, 9.17) is 9.47 Å². The van der Waals surface area contributed by atoms with E-state index in [1.165, 1.54) is 0 Å². The molecule has 1 aromatic carbocycles. The SMILES string of the molecule is CCOC(=O)COc1ccc(/C=C2\SC(=O)N(CC(=O)N3CCC(C)CC3)C2=O)cc1. The van der Waals surface area contributed by atoms with Crippen LogP contribution < -0.4 is 4.74 Å². The molecule has 1 aromatic rings. The summed E-state index contributed by atoms with van der Waals surface area (Å²) in [6.45, 7) is 5.08. The molecule has 2 heterocycles. The fraction of sp³-hybridized carbons (Fsp3) is 0.455. The maximum atomic E-state index is 12.7. The van der Waals surface area contributed by atoms with Gasteiger partial charge in [-0.1, -0.05) is 19.1 Å². The highest BCUT2D eigenvalue weighted by molar-refractivity contribution is 8.18. The lowest BCUT2D eigenvalue weighted by Crippen LogP contribution is -2.45. The molecule has 0 spiro atoms. The van der Waals surface area contributed by atoms with E-state index < -0.39 is 17.1 Å². The Kier molecular flexibility index (Phi) is 7.73. The molecule has 3 amide bonds. The van der Waals surface area contributed by atoms with E-state index in [0.29, 0.717) is 36.9 Å². The van der Waals surface area contributed by atoms with E-state index >= 15 is 0 Å². The molecule has 31 heavy (non-hydrogen) atoms. The summed E-state index contributed by atoms with van der Waals surface area (Å²) in [4.78, 5) is 51.8. The number of hydrogen-bond acceptors (Lipinski definition) is 7. The molecule has 166 valence electrons. The fourth-order valence-corrected chi connectivity index (χ4v) is 4.12. The standard InChI is InChI=1S/C22H26N2O6S/c1-3-29-20(26)14-30-17-6-4-16(5-7-17)12-18-21(27)24(22(28)31-18)13-19(25)23-10-8-15(2)9-11-23/h4-7,12,15H,3,8-11,13-14H2,1-2H3/b18-12-. The number of carbonyl (C=O) groups excluding carboxylic acids is 4. The molecule has 0 unspecified atom stereocenters. The lowest BCUT2D eigenvalue weighted by Gasteiger charge is -2.31. The number of benzene rings is 1. The number of amides is 3. The van der Waals surface area contributed by atoms with Crippen molar-refractivity contribution in [1.82, 2.24) is 9.80 Å². The first-order valence-corrected chi connectivity index (χ1v) is 11.1. The van der Waals surface area contributed by atoms with E-state index in [-0.39, 0.29) is 24.0 Å². The van der Waals surface area contributed by atoms with Crippen molar-refractivity contribution in [2.45, 2.75) is 26.7 Å². The first kappa shape index (κ1) is 22.9. The van der Waals surface area contributed by atoms with Crippen molar-refractivity contribution in [3.8, 4) is 5.75 Å². The van der Waals surface area contributed by atoms with Gasteiger partial charge in [0.05, 0.1) is 11.5 Å². The third kappa shape index (κ3) is 6.10. The first-order chi connectivity index (χ1) is 14.9. The highest BCUT2D eigenvalue weighted by atomic mass is 32.2. The third-order valence-electron chi connectivity index (χ3n) is 5.14.